The molecule has 1 unspecified atom stereocenters. The second-order valence-electron chi connectivity index (χ2n) is 5.88. The lowest BCUT2D eigenvalue weighted by molar-refractivity contribution is -0.131. The van der Waals surface area contributed by atoms with Crippen LogP contribution in [-0.2, 0) is 22.6 Å². The third-order valence-corrected chi connectivity index (χ3v) is 5.38. The molecule has 2 amide bonds. The van der Waals surface area contributed by atoms with Gasteiger partial charge in [0.25, 0.3) is 0 Å². The Kier molecular flexibility index (Phi) is 5.20. The molecular weight excluding hydrogens is 320 g/mol. The molecule has 24 heavy (non-hydrogen) atoms. The number of carbonyl (C=O) groups is 2. The summed E-state index contributed by atoms with van der Waals surface area (Å²) in [5.74, 6) is -0.315. The van der Waals surface area contributed by atoms with Gasteiger partial charge in [0.1, 0.15) is 0 Å². The van der Waals surface area contributed by atoms with Gasteiger partial charge in [-0.15, -0.1) is 11.8 Å². The lowest BCUT2D eigenvalue weighted by atomic mass is 10.1. The number of benzene rings is 2. The summed E-state index contributed by atoms with van der Waals surface area (Å²) in [6.45, 7) is 0.858. The van der Waals surface area contributed by atoms with Crippen LogP contribution in [-0.4, -0.2) is 28.5 Å². The van der Waals surface area contributed by atoms with Crippen molar-refractivity contribution in [1.82, 2.24) is 4.90 Å². The second-order valence-corrected chi connectivity index (χ2v) is 7.12. The quantitative estimate of drug-likeness (QED) is 0.879. The molecule has 2 N–H and O–H groups in total. The molecule has 1 atom stereocenters. The van der Waals surface area contributed by atoms with E-state index in [4.69, 9.17) is 5.73 Å². The molecule has 2 aromatic carbocycles. The molecule has 1 heterocycles. The lowest BCUT2D eigenvalue weighted by Gasteiger charge is -2.25. The van der Waals surface area contributed by atoms with Crippen LogP contribution < -0.4 is 5.73 Å². The average molecular weight is 340 g/mol. The van der Waals surface area contributed by atoms with Crippen LogP contribution in [0.5, 0.6) is 0 Å². The Hall–Kier alpha value is -2.27. The van der Waals surface area contributed by atoms with E-state index >= 15 is 0 Å². The van der Waals surface area contributed by atoms with E-state index in [-0.39, 0.29) is 23.5 Å². The Morgan fingerprint density at radius 1 is 1.08 bits per heavy atom. The van der Waals surface area contributed by atoms with E-state index in [9.17, 15) is 9.59 Å². The van der Waals surface area contributed by atoms with E-state index in [1.54, 1.807) is 16.7 Å². The molecule has 0 saturated heterocycles. The average Bonchev–Trinajstić information content (AvgIpc) is 3.03. The van der Waals surface area contributed by atoms with E-state index in [0.29, 0.717) is 13.1 Å². The summed E-state index contributed by atoms with van der Waals surface area (Å²) in [5, 5.41) is -0.126. The highest BCUT2D eigenvalue weighted by molar-refractivity contribution is 8.01. The monoisotopic (exact) mass is 340 g/mol. The molecule has 0 radical (unpaired) electrons. The lowest BCUT2D eigenvalue weighted by Crippen LogP contribution is -2.39. The Morgan fingerprint density at radius 3 is 2.50 bits per heavy atom. The summed E-state index contributed by atoms with van der Waals surface area (Å²) >= 11 is 1.61. The van der Waals surface area contributed by atoms with Crippen molar-refractivity contribution < 1.29 is 9.59 Å². The minimum absolute atomic E-state index is 0.0707. The van der Waals surface area contributed by atoms with Crippen molar-refractivity contribution in [3.8, 4) is 0 Å². The third kappa shape index (κ3) is 3.97. The summed E-state index contributed by atoms with van der Waals surface area (Å²) in [6.07, 6.45) is 0.921. The Labute approximate surface area is 146 Å². The number of hydrogen-bond donors (Lipinski definition) is 1. The number of carbonyl (C=O) groups excluding carboxylic acids is 2. The van der Waals surface area contributed by atoms with Gasteiger partial charge in [0.05, 0.1) is 5.25 Å². The van der Waals surface area contributed by atoms with Crippen molar-refractivity contribution in [1.29, 1.82) is 0 Å². The Morgan fingerprint density at radius 2 is 1.79 bits per heavy atom. The van der Waals surface area contributed by atoms with Gasteiger partial charge in [0.15, 0.2) is 0 Å². The van der Waals surface area contributed by atoms with E-state index in [0.717, 1.165) is 12.0 Å². The van der Waals surface area contributed by atoms with Gasteiger partial charge in [-0.05, 0) is 23.6 Å². The molecule has 0 aromatic heterocycles. The molecule has 2 aromatic rings. The van der Waals surface area contributed by atoms with Crippen LogP contribution in [0.3, 0.4) is 0 Å². The van der Waals surface area contributed by atoms with E-state index in [1.807, 2.05) is 42.5 Å². The first-order chi connectivity index (χ1) is 11.6. The van der Waals surface area contributed by atoms with Crippen LogP contribution >= 0.6 is 11.8 Å². The van der Waals surface area contributed by atoms with Gasteiger partial charge in [-0.1, -0.05) is 48.5 Å². The van der Waals surface area contributed by atoms with Crippen LogP contribution in [0.1, 0.15) is 17.5 Å². The predicted octanol–water partition coefficient (Wildman–Crippen LogP) is 2.61. The molecule has 0 fully saturated rings. The zero-order valence-corrected chi connectivity index (χ0v) is 14.2. The number of thioether (sulfide) groups is 1. The van der Waals surface area contributed by atoms with Gasteiger partial charge in [-0.25, -0.2) is 0 Å². The van der Waals surface area contributed by atoms with Crippen LogP contribution in [0.2, 0.25) is 0 Å². The van der Waals surface area contributed by atoms with Crippen LogP contribution in [0.4, 0.5) is 0 Å². The molecular formula is C19H20N2O2S. The highest BCUT2D eigenvalue weighted by Crippen LogP contribution is 2.37. The summed E-state index contributed by atoms with van der Waals surface area (Å²) < 4.78 is 0. The molecule has 0 aliphatic carbocycles. The first-order valence-electron chi connectivity index (χ1n) is 7.99. The number of amides is 2. The maximum atomic E-state index is 13.0. The van der Waals surface area contributed by atoms with Crippen LogP contribution in [0.15, 0.2) is 59.5 Å². The van der Waals surface area contributed by atoms with Crippen molar-refractivity contribution in [3.63, 3.8) is 0 Å². The van der Waals surface area contributed by atoms with E-state index in [1.165, 1.54) is 10.5 Å². The standard InChI is InChI=1S/C19H20N2O2S/c20-18(22)10-11-21(13-14-6-2-1-3-7-14)19(23)17-12-15-8-4-5-9-16(15)24-17/h1-9,17H,10-13H2,(H2,20,22). The first-order valence-corrected chi connectivity index (χ1v) is 8.87. The Balaban J connectivity index is 1.72. The summed E-state index contributed by atoms with van der Waals surface area (Å²) in [5.41, 5.74) is 7.54. The van der Waals surface area contributed by atoms with Gasteiger partial charge in [-0.3, -0.25) is 9.59 Å². The van der Waals surface area contributed by atoms with Crippen molar-refractivity contribution in [2.45, 2.75) is 29.5 Å². The normalized spacial score (nSPS) is 15.8. The molecule has 124 valence electrons. The van der Waals surface area contributed by atoms with Gasteiger partial charge in [0, 0.05) is 24.4 Å². The minimum Gasteiger partial charge on any atom is -0.370 e. The number of nitrogens with two attached hydrogens (primary N) is 1. The van der Waals surface area contributed by atoms with Gasteiger partial charge in [-0.2, -0.15) is 0 Å². The number of primary amides is 1. The smallest absolute Gasteiger partial charge is 0.236 e. The second kappa shape index (κ2) is 7.53. The van der Waals surface area contributed by atoms with Gasteiger partial charge >= 0.3 is 0 Å². The predicted molar refractivity (Wildman–Crippen MR) is 95.5 cm³/mol. The van der Waals surface area contributed by atoms with Crippen molar-refractivity contribution in [2.24, 2.45) is 5.73 Å². The SMILES string of the molecule is NC(=O)CCN(Cc1ccccc1)C(=O)C1Cc2ccccc2S1. The fourth-order valence-electron chi connectivity index (χ4n) is 2.84. The van der Waals surface area contributed by atoms with Gasteiger partial charge < -0.3 is 10.6 Å². The number of rotatable bonds is 6. The molecule has 5 heteroatoms. The Bertz CT molecular complexity index is 708. The number of fused-ring (bicyclic) bond motifs is 1. The molecule has 4 nitrogen and oxygen atoms in total. The molecule has 0 bridgehead atoms. The largest absolute Gasteiger partial charge is 0.370 e. The van der Waals surface area contributed by atoms with Crippen molar-refractivity contribution in [3.05, 3.63) is 65.7 Å². The van der Waals surface area contributed by atoms with Gasteiger partial charge in [0.2, 0.25) is 11.8 Å². The maximum Gasteiger partial charge on any atom is 0.236 e. The van der Waals surface area contributed by atoms with Crippen LogP contribution in [0, 0.1) is 0 Å². The zero-order valence-electron chi connectivity index (χ0n) is 13.4. The fourth-order valence-corrected chi connectivity index (χ4v) is 4.12. The first kappa shape index (κ1) is 16.6. The van der Waals surface area contributed by atoms with Crippen molar-refractivity contribution in [2.75, 3.05) is 6.54 Å². The third-order valence-electron chi connectivity index (χ3n) is 4.08. The maximum absolute atomic E-state index is 13.0. The molecule has 1 aliphatic heterocycles. The zero-order chi connectivity index (χ0) is 16.9. The van der Waals surface area contributed by atoms with E-state index in [2.05, 4.69) is 12.1 Å². The highest BCUT2D eigenvalue weighted by Gasteiger charge is 2.31. The molecule has 1 aliphatic rings. The highest BCUT2D eigenvalue weighted by atomic mass is 32.2. The molecule has 0 saturated carbocycles. The summed E-state index contributed by atoms with van der Waals surface area (Å²) in [7, 11) is 0. The number of hydrogen-bond acceptors (Lipinski definition) is 3. The summed E-state index contributed by atoms with van der Waals surface area (Å²) in [4.78, 5) is 27.1. The van der Waals surface area contributed by atoms with Crippen molar-refractivity contribution >= 4 is 23.6 Å². The minimum atomic E-state index is -0.386. The molecule has 3 rings (SSSR count). The van der Waals surface area contributed by atoms with E-state index < -0.39 is 0 Å². The topological polar surface area (TPSA) is 63.4 Å². The fraction of sp³-hybridized carbons (Fsp3) is 0.263. The number of nitrogens with zero attached hydrogens (tertiary/aromatic N) is 1. The molecule has 0 spiro atoms. The van der Waals surface area contributed by atoms with Crippen LogP contribution in [0.25, 0.3) is 0 Å². The summed E-state index contributed by atoms with van der Waals surface area (Å²) in [6, 6.07) is 17.9.